The van der Waals surface area contributed by atoms with E-state index in [0.717, 1.165) is 41.7 Å². The Hall–Kier alpha value is -3.00. The molecule has 1 aliphatic rings. The molecule has 0 aliphatic carbocycles. The monoisotopic (exact) mass is 394 g/mol. The fourth-order valence-corrected chi connectivity index (χ4v) is 3.92. The predicted octanol–water partition coefficient (Wildman–Crippen LogP) is 3.20. The first kappa shape index (κ1) is 18.4. The number of hydrogen-bond donors (Lipinski definition) is 1. The molecule has 0 atom stereocenters. The third kappa shape index (κ3) is 3.82. The number of carbonyl (C=O) groups is 1. The molecule has 1 aliphatic heterocycles. The minimum atomic E-state index is -0.228. The van der Waals surface area contributed by atoms with Crippen LogP contribution in [0.2, 0.25) is 0 Å². The lowest BCUT2D eigenvalue weighted by Gasteiger charge is -2.35. The average molecular weight is 395 g/mol. The summed E-state index contributed by atoms with van der Waals surface area (Å²) in [5, 5.41) is 12.4. The van der Waals surface area contributed by atoms with Crippen molar-refractivity contribution in [2.45, 2.75) is 19.9 Å². The van der Waals surface area contributed by atoms with E-state index in [0.29, 0.717) is 11.6 Å². The Morgan fingerprint density at radius 1 is 1.18 bits per heavy atom. The number of aryl methyl sites for hydroxylation is 1. The molecule has 1 amide bonds. The Kier molecular flexibility index (Phi) is 5.21. The van der Waals surface area contributed by atoms with Gasteiger partial charge < -0.3 is 15.1 Å². The van der Waals surface area contributed by atoms with Crippen molar-refractivity contribution in [3.05, 3.63) is 58.2 Å². The molecule has 28 heavy (non-hydrogen) atoms. The Labute approximate surface area is 168 Å². The van der Waals surface area contributed by atoms with Crippen LogP contribution >= 0.6 is 11.3 Å². The largest absolute Gasteiger partial charge is 0.360 e. The van der Waals surface area contributed by atoms with Gasteiger partial charge in [-0.2, -0.15) is 0 Å². The van der Waals surface area contributed by atoms with Crippen molar-refractivity contribution in [2.24, 2.45) is 0 Å². The molecule has 1 N–H and O–H groups in total. The second-order valence-corrected chi connectivity index (χ2v) is 7.76. The van der Waals surface area contributed by atoms with Gasteiger partial charge in [0.25, 0.3) is 5.91 Å². The van der Waals surface area contributed by atoms with Gasteiger partial charge in [0.1, 0.15) is 5.01 Å². The van der Waals surface area contributed by atoms with Crippen molar-refractivity contribution in [3.8, 4) is 0 Å². The van der Waals surface area contributed by atoms with E-state index in [1.807, 2.05) is 37.4 Å². The van der Waals surface area contributed by atoms with E-state index in [1.165, 1.54) is 16.9 Å². The van der Waals surface area contributed by atoms with Crippen LogP contribution in [0.4, 0.5) is 17.2 Å². The van der Waals surface area contributed by atoms with Crippen molar-refractivity contribution < 1.29 is 4.79 Å². The number of hydrogen-bond acceptors (Lipinski definition) is 7. The lowest BCUT2D eigenvalue weighted by Crippen LogP contribution is -2.39. The summed E-state index contributed by atoms with van der Waals surface area (Å²) in [6.07, 6.45) is 2.78. The molecule has 0 spiro atoms. The van der Waals surface area contributed by atoms with Gasteiger partial charge in [-0.15, -0.1) is 10.2 Å². The highest BCUT2D eigenvalue weighted by Gasteiger charge is 2.23. The van der Waals surface area contributed by atoms with Gasteiger partial charge in [0.2, 0.25) is 5.01 Å². The summed E-state index contributed by atoms with van der Waals surface area (Å²) >= 11 is 1.33. The molecule has 8 heteroatoms. The van der Waals surface area contributed by atoms with Crippen LogP contribution in [0.5, 0.6) is 0 Å². The Bertz CT molecular complexity index is 971. The molecule has 3 heterocycles. The first-order valence-corrected chi connectivity index (χ1v) is 10.1. The van der Waals surface area contributed by atoms with E-state index in [4.69, 9.17) is 0 Å². The lowest BCUT2D eigenvalue weighted by atomic mass is 10.1. The van der Waals surface area contributed by atoms with E-state index in [2.05, 4.69) is 43.3 Å². The summed E-state index contributed by atoms with van der Waals surface area (Å²) in [4.78, 5) is 21.3. The lowest BCUT2D eigenvalue weighted by molar-refractivity contribution is 0.102. The summed E-state index contributed by atoms with van der Waals surface area (Å²) in [6.45, 7) is 4.48. The maximum Gasteiger partial charge on any atom is 0.286 e. The van der Waals surface area contributed by atoms with Gasteiger partial charge in [-0.1, -0.05) is 30.4 Å². The number of fused-ring (bicyclic) bond motifs is 1. The van der Waals surface area contributed by atoms with Gasteiger partial charge in [-0.25, -0.2) is 4.98 Å². The smallest absolute Gasteiger partial charge is 0.286 e. The van der Waals surface area contributed by atoms with Crippen molar-refractivity contribution in [3.63, 3.8) is 0 Å². The van der Waals surface area contributed by atoms with Gasteiger partial charge in [0.05, 0.1) is 12.2 Å². The number of rotatable bonds is 5. The number of carbonyl (C=O) groups excluding carboxylic acids is 1. The van der Waals surface area contributed by atoms with Gasteiger partial charge in [0.15, 0.2) is 5.82 Å². The van der Waals surface area contributed by atoms with Crippen LogP contribution in [0.15, 0.2) is 42.6 Å². The number of amides is 1. The molecule has 0 unspecified atom stereocenters. The number of nitrogens with one attached hydrogen (secondary N) is 1. The molecule has 144 valence electrons. The van der Waals surface area contributed by atoms with Crippen LogP contribution in [0.3, 0.4) is 0 Å². The van der Waals surface area contributed by atoms with Crippen LogP contribution in [0, 0.1) is 0 Å². The molecule has 0 saturated carbocycles. The molecule has 7 nitrogen and oxygen atoms in total. The summed E-state index contributed by atoms with van der Waals surface area (Å²) in [6, 6.07) is 11.8. The molecule has 2 aromatic heterocycles. The normalized spacial score (nSPS) is 13.4. The van der Waals surface area contributed by atoms with E-state index in [-0.39, 0.29) is 5.91 Å². The number of likely N-dealkylation sites (N-methyl/N-ethyl adjacent to an activating group) is 1. The number of pyridine rings is 1. The van der Waals surface area contributed by atoms with Crippen molar-refractivity contribution >= 4 is 34.4 Å². The highest BCUT2D eigenvalue weighted by molar-refractivity contribution is 7.13. The predicted molar refractivity (Wildman–Crippen MR) is 112 cm³/mol. The molecule has 0 fully saturated rings. The molecule has 4 rings (SSSR count). The maximum absolute atomic E-state index is 12.5. The molecule has 3 aromatic rings. The van der Waals surface area contributed by atoms with Gasteiger partial charge in [-0.05, 0) is 36.2 Å². The van der Waals surface area contributed by atoms with Gasteiger partial charge in [0, 0.05) is 32.0 Å². The van der Waals surface area contributed by atoms with E-state index in [1.54, 1.807) is 6.20 Å². The summed E-state index contributed by atoms with van der Waals surface area (Å²) in [5.41, 5.74) is 3.07. The topological polar surface area (TPSA) is 74.2 Å². The molecular formula is C20H22N6OS. The Balaban J connectivity index is 1.44. The number of benzene rings is 1. The number of aromatic nitrogens is 3. The first-order chi connectivity index (χ1) is 13.6. The fraction of sp³-hybridized carbons (Fsp3) is 0.300. The average Bonchev–Trinajstić information content (AvgIpc) is 3.20. The summed E-state index contributed by atoms with van der Waals surface area (Å²) in [5.74, 6) is 0.736. The quantitative estimate of drug-likeness (QED) is 0.716. The standard InChI is InChI=1S/C20H22N6OS/c1-3-14-6-8-15(9-7-14)22-19(27)20-24-23-17(28-20)13-26-12-11-25(2)18-16(26)5-4-10-21-18/h4-10H,3,11-13H2,1-2H3,(H,22,27). The van der Waals surface area contributed by atoms with Crippen LogP contribution in [0.25, 0.3) is 0 Å². The van der Waals surface area contributed by atoms with Crippen molar-refractivity contribution in [1.29, 1.82) is 0 Å². The first-order valence-electron chi connectivity index (χ1n) is 9.28. The van der Waals surface area contributed by atoms with E-state index in [9.17, 15) is 4.79 Å². The Morgan fingerprint density at radius 3 is 2.79 bits per heavy atom. The summed E-state index contributed by atoms with van der Waals surface area (Å²) in [7, 11) is 2.05. The number of anilines is 3. The zero-order valence-electron chi connectivity index (χ0n) is 15.9. The highest BCUT2D eigenvalue weighted by Crippen LogP contribution is 2.31. The van der Waals surface area contributed by atoms with E-state index < -0.39 is 0 Å². The number of nitrogens with zero attached hydrogens (tertiary/aromatic N) is 5. The van der Waals surface area contributed by atoms with Crippen molar-refractivity contribution in [1.82, 2.24) is 15.2 Å². The Morgan fingerprint density at radius 2 is 2.00 bits per heavy atom. The third-order valence-corrected chi connectivity index (χ3v) is 5.69. The fourth-order valence-electron chi connectivity index (χ4n) is 3.17. The maximum atomic E-state index is 12.5. The SMILES string of the molecule is CCc1ccc(NC(=O)c2nnc(CN3CCN(C)c4ncccc43)s2)cc1. The molecule has 0 radical (unpaired) electrons. The summed E-state index contributed by atoms with van der Waals surface area (Å²) < 4.78 is 0. The minimum absolute atomic E-state index is 0.228. The third-order valence-electron chi connectivity index (χ3n) is 4.78. The van der Waals surface area contributed by atoms with E-state index >= 15 is 0 Å². The zero-order chi connectivity index (χ0) is 19.5. The molecule has 0 saturated heterocycles. The second-order valence-electron chi connectivity index (χ2n) is 6.69. The zero-order valence-corrected chi connectivity index (χ0v) is 16.7. The van der Waals surface area contributed by atoms with Crippen molar-refractivity contribution in [2.75, 3.05) is 35.3 Å². The molecule has 1 aromatic carbocycles. The van der Waals surface area contributed by atoms with Crippen LogP contribution in [-0.4, -0.2) is 41.2 Å². The molecule has 0 bridgehead atoms. The van der Waals surface area contributed by atoms with Crippen LogP contribution in [-0.2, 0) is 13.0 Å². The van der Waals surface area contributed by atoms with Crippen LogP contribution in [0.1, 0.15) is 27.3 Å². The van der Waals surface area contributed by atoms with Gasteiger partial charge >= 0.3 is 0 Å². The second kappa shape index (κ2) is 7.93. The van der Waals surface area contributed by atoms with Crippen LogP contribution < -0.4 is 15.1 Å². The van der Waals surface area contributed by atoms with Gasteiger partial charge in [-0.3, -0.25) is 4.79 Å². The minimum Gasteiger partial charge on any atom is -0.360 e. The molecular weight excluding hydrogens is 372 g/mol. The highest BCUT2D eigenvalue weighted by atomic mass is 32.1.